The van der Waals surface area contributed by atoms with Gasteiger partial charge in [0.25, 0.3) is 0 Å². The molecule has 1 fully saturated rings. The lowest BCUT2D eigenvalue weighted by Crippen LogP contribution is -2.46. The molecule has 102 valence electrons. The first-order valence-corrected chi connectivity index (χ1v) is 7.59. The monoisotopic (exact) mass is 240 g/mol. The SMILES string of the molecule is CCCNCCCCN1CC(C)CC(C)C1C. The summed E-state index contributed by atoms with van der Waals surface area (Å²) in [6.45, 7) is 14.4. The summed E-state index contributed by atoms with van der Waals surface area (Å²) >= 11 is 0. The van der Waals surface area contributed by atoms with Gasteiger partial charge in [-0.05, 0) is 64.1 Å². The van der Waals surface area contributed by atoms with Crippen LogP contribution in [0.1, 0.15) is 53.4 Å². The summed E-state index contributed by atoms with van der Waals surface area (Å²) in [5, 5.41) is 3.48. The molecule has 2 heteroatoms. The molecule has 1 aliphatic rings. The molecule has 1 N–H and O–H groups in total. The highest BCUT2D eigenvalue weighted by Gasteiger charge is 2.27. The van der Waals surface area contributed by atoms with Gasteiger partial charge in [0.15, 0.2) is 0 Å². The highest BCUT2D eigenvalue weighted by Crippen LogP contribution is 2.26. The maximum atomic E-state index is 3.48. The molecule has 3 atom stereocenters. The summed E-state index contributed by atoms with van der Waals surface area (Å²) in [6.07, 6.45) is 5.33. The summed E-state index contributed by atoms with van der Waals surface area (Å²) in [5.74, 6) is 1.76. The largest absolute Gasteiger partial charge is 0.317 e. The lowest BCUT2D eigenvalue weighted by Gasteiger charge is -2.41. The van der Waals surface area contributed by atoms with Gasteiger partial charge in [-0.15, -0.1) is 0 Å². The van der Waals surface area contributed by atoms with E-state index >= 15 is 0 Å². The highest BCUT2D eigenvalue weighted by atomic mass is 15.2. The Morgan fingerprint density at radius 3 is 2.59 bits per heavy atom. The average molecular weight is 240 g/mol. The Kier molecular flexibility index (Phi) is 7.14. The van der Waals surface area contributed by atoms with E-state index in [-0.39, 0.29) is 0 Å². The average Bonchev–Trinajstić information content (AvgIpc) is 2.29. The topological polar surface area (TPSA) is 15.3 Å². The van der Waals surface area contributed by atoms with Crippen LogP contribution in [0.3, 0.4) is 0 Å². The maximum Gasteiger partial charge on any atom is 0.00927 e. The predicted molar refractivity (Wildman–Crippen MR) is 76.4 cm³/mol. The first kappa shape index (κ1) is 15.0. The molecule has 0 radical (unpaired) electrons. The zero-order valence-corrected chi connectivity index (χ0v) is 12.3. The molecule has 0 saturated carbocycles. The molecule has 0 aliphatic carbocycles. The van der Waals surface area contributed by atoms with Crippen LogP contribution in [0.15, 0.2) is 0 Å². The van der Waals surface area contributed by atoms with Crippen molar-refractivity contribution in [2.45, 2.75) is 59.4 Å². The van der Waals surface area contributed by atoms with Gasteiger partial charge >= 0.3 is 0 Å². The van der Waals surface area contributed by atoms with Crippen LogP contribution in [0.5, 0.6) is 0 Å². The summed E-state index contributed by atoms with van der Waals surface area (Å²) in [6, 6.07) is 0.787. The minimum absolute atomic E-state index is 0.787. The highest BCUT2D eigenvalue weighted by molar-refractivity contribution is 4.81. The quantitative estimate of drug-likeness (QED) is 0.688. The number of rotatable bonds is 7. The first-order chi connectivity index (χ1) is 8.15. The third-order valence-electron chi connectivity index (χ3n) is 4.20. The number of hydrogen-bond acceptors (Lipinski definition) is 2. The second-order valence-corrected chi connectivity index (χ2v) is 6.01. The minimum Gasteiger partial charge on any atom is -0.317 e. The van der Waals surface area contributed by atoms with Crippen molar-refractivity contribution < 1.29 is 0 Å². The predicted octanol–water partition coefficient (Wildman–Crippen LogP) is 3.13. The van der Waals surface area contributed by atoms with Gasteiger partial charge in [-0.2, -0.15) is 0 Å². The molecule has 3 unspecified atom stereocenters. The van der Waals surface area contributed by atoms with Gasteiger partial charge in [0.05, 0.1) is 0 Å². The minimum atomic E-state index is 0.787. The second-order valence-electron chi connectivity index (χ2n) is 6.01. The molecule has 17 heavy (non-hydrogen) atoms. The van der Waals surface area contributed by atoms with E-state index in [9.17, 15) is 0 Å². The fraction of sp³-hybridized carbons (Fsp3) is 1.00. The molecule has 0 aromatic heterocycles. The molecule has 1 heterocycles. The van der Waals surface area contributed by atoms with Crippen molar-refractivity contribution in [3.63, 3.8) is 0 Å². The Hall–Kier alpha value is -0.0800. The van der Waals surface area contributed by atoms with Crippen LogP contribution in [0.2, 0.25) is 0 Å². The first-order valence-electron chi connectivity index (χ1n) is 7.59. The molecule has 0 spiro atoms. The smallest absolute Gasteiger partial charge is 0.00927 e. The van der Waals surface area contributed by atoms with Crippen molar-refractivity contribution in [3.05, 3.63) is 0 Å². The lowest BCUT2D eigenvalue weighted by molar-refractivity contribution is 0.0783. The fourth-order valence-corrected chi connectivity index (χ4v) is 2.99. The van der Waals surface area contributed by atoms with Gasteiger partial charge in [0.1, 0.15) is 0 Å². The molecule has 2 nitrogen and oxygen atoms in total. The van der Waals surface area contributed by atoms with E-state index in [0.717, 1.165) is 17.9 Å². The van der Waals surface area contributed by atoms with Crippen LogP contribution >= 0.6 is 0 Å². The summed E-state index contributed by atoms with van der Waals surface area (Å²) < 4.78 is 0. The Morgan fingerprint density at radius 2 is 1.88 bits per heavy atom. The van der Waals surface area contributed by atoms with Crippen LogP contribution in [-0.4, -0.2) is 37.1 Å². The second kappa shape index (κ2) is 8.10. The third kappa shape index (κ3) is 5.39. The van der Waals surface area contributed by atoms with E-state index in [1.165, 1.54) is 51.9 Å². The van der Waals surface area contributed by atoms with Gasteiger partial charge in [-0.25, -0.2) is 0 Å². The van der Waals surface area contributed by atoms with E-state index in [1.54, 1.807) is 0 Å². The van der Waals surface area contributed by atoms with Gasteiger partial charge in [-0.1, -0.05) is 20.8 Å². The number of nitrogens with one attached hydrogen (secondary N) is 1. The van der Waals surface area contributed by atoms with Crippen LogP contribution in [0.25, 0.3) is 0 Å². The molecule has 0 amide bonds. The maximum absolute atomic E-state index is 3.48. The molecule has 0 aromatic carbocycles. The Labute approximate surface area is 108 Å². The zero-order valence-electron chi connectivity index (χ0n) is 12.3. The van der Waals surface area contributed by atoms with E-state index in [0.29, 0.717) is 0 Å². The van der Waals surface area contributed by atoms with Gasteiger partial charge in [0, 0.05) is 12.6 Å². The zero-order chi connectivity index (χ0) is 12.7. The lowest BCUT2D eigenvalue weighted by atomic mass is 9.86. The summed E-state index contributed by atoms with van der Waals surface area (Å²) in [5.41, 5.74) is 0. The van der Waals surface area contributed by atoms with Gasteiger partial charge in [-0.3, -0.25) is 0 Å². The Morgan fingerprint density at radius 1 is 1.12 bits per heavy atom. The number of nitrogens with zero attached hydrogens (tertiary/aromatic N) is 1. The van der Waals surface area contributed by atoms with E-state index < -0.39 is 0 Å². The molecular formula is C15H32N2. The van der Waals surface area contributed by atoms with Crippen molar-refractivity contribution in [3.8, 4) is 0 Å². The van der Waals surface area contributed by atoms with E-state index in [1.807, 2.05) is 0 Å². The number of piperidine rings is 1. The molecule has 1 aliphatic heterocycles. The summed E-state index contributed by atoms with van der Waals surface area (Å²) in [7, 11) is 0. The fourth-order valence-electron chi connectivity index (χ4n) is 2.99. The number of unbranched alkanes of at least 4 members (excludes halogenated alkanes) is 1. The van der Waals surface area contributed by atoms with Crippen molar-refractivity contribution >= 4 is 0 Å². The van der Waals surface area contributed by atoms with Crippen molar-refractivity contribution in [1.29, 1.82) is 0 Å². The number of likely N-dealkylation sites (tertiary alicyclic amines) is 1. The van der Waals surface area contributed by atoms with Crippen LogP contribution in [0, 0.1) is 11.8 Å². The normalized spacial score (nSPS) is 30.7. The molecule has 1 rings (SSSR count). The van der Waals surface area contributed by atoms with Crippen LogP contribution in [-0.2, 0) is 0 Å². The standard InChI is InChI=1S/C15H32N2/c1-5-8-16-9-6-7-10-17-12-13(2)11-14(3)15(17)4/h13-16H,5-12H2,1-4H3. The molecule has 1 saturated heterocycles. The molecule has 0 bridgehead atoms. The van der Waals surface area contributed by atoms with E-state index in [2.05, 4.69) is 37.9 Å². The van der Waals surface area contributed by atoms with Gasteiger partial charge in [0.2, 0.25) is 0 Å². The van der Waals surface area contributed by atoms with Crippen LogP contribution < -0.4 is 5.32 Å². The van der Waals surface area contributed by atoms with Crippen molar-refractivity contribution in [1.82, 2.24) is 10.2 Å². The summed E-state index contributed by atoms with van der Waals surface area (Å²) in [4.78, 5) is 2.71. The Bertz CT molecular complexity index is 193. The van der Waals surface area contributed by atoms with Crippen molar-refractivity contribution in [2.24, 2.45) is 11.8 Å². The molecule has 0 aromatic rings. The van der Waals surface area contributed by atoms with E-state index in [4.69, 9.17) is 0 Å². The number of hydrogen-bond donors (Lipinski definition) is 1. The third-order valence-corrected chi connectivity index (χ3v) is 4.20. The van der Waals surface area contributed by atoms with Crippen molar-refractivity contribution in [2.75, 3.05) is 26.2 Å². The Balaban J connectivity index is 2.12. The molecular weight excluding hydrogens is 208 g/mol. The van der Waals surface area contributed by atoms with Gasteiger partial charge < -0.3 is 10.2 Å². The van der Waals surface area contributed by atoms with Crippen LogP contribution in [0.4, 0.5) is 0 Å².